The van der Waals surface area contributed by atoms with Gasteiger partial charge >= 0.3 is 0 Å². The summed E-state index contributed by atoms with van der Waals surface area (Å²) in [5.41, 5.74) is 0.597. The van der Waals surface area contributed by atoms with Gasteiger partial charge in [0.15, 0.2) is 0 Å². The van der Waals surface area contributed by atoms with Crippen LogP contribution in [0.5, 0.6) is 0 Å². The number of benzene rings is 1. The van der Waals surface area contributed by atoms with E-state index in [1.807, 2.05) is 0 Å². The van der Waals surface area contributed by atoms with E-state index in [9.17, 15) is 4.39 Å². The largest absolute Gasteiger partial charge is 0.383 e. The Kier molecular flexibility index (Phi) is 3.06. The van der Waals surface area contributed by atoms with Crippen molar-refractivity contribution < 1.29 is 4.39 Å². The first-order valence-corrected chi connectivity index (χ1v) is 5.74. The lowest BCUT2D eigenvalue weighted by Crippen LogP contribution is -2.03. The first-order chi connectivity index (χ1) is 6.75. The molecule has 1 fully saturated rings. The molecule has 14 heavy (non-hydrogen) atoms. The topological polar surface area (TPSA) is 12.0 Å². The second-order valence-corrected chi connectivity index (χ2v) is 4.70. The number of nitrogens with one attached hydrogen (secondary N) is 1. The predicted molar refractivity (Wildman–Crippen MR) is 59.9 cm³/mol. The van der Waals surface area contributed by atoms with Crippen molar-refractivity contribution in [2.75, 3.05) is 11.9 Å². The molecule has 1 aromatic carbocycles. The van der Waals surface area contributed by atoms with Crippen LogP contribution in [-0.4, -0.2) is 6.54 Å². The summed E-state index contributed by atoms with van der Waals surface area (Å²) < 4.78 is 14.1. The average molecular weight is 258 g/mol. The van der Waals surface area contributed by atoms with Crippen LogP contribution in [-0.2, 0) is 0 Å². The van der Waals surface area contributed by atoms with Crippen LogP contribution >= 0.6 is 15.9 Å². The third-order valence-electron chi connectivity index (χ3n) is 2.49. The molecule has 1 aromatic rings. The van der Waals surface area contributed by atoms with Crippen molar-refractivity contribution in [1.29, 1.82) is 0 Å². The highest BCUT2D eigenvalue weighted by Crippen LogP contribution is 2.32. The van der Waals surface area contributed by atoms with Gasteiger partial charge in [-0.1, -0.05) is 28.8 Å². The van der Waals surface area contributed by atoms with Crippen molar-refractivity contribution in [3.05, 3.63) is 28.5 Å². The molecule has 0 radical (unpaired) electrons. The highest BCUT2D eigenvalue weighted by atomic mass is 79.9. The summed E-state index contributed by atoms with van der Waals surface area (Å²) in [6, 6.07) is 4.97. The first kappa shape index (κ1) is 9.97. The standard InChI is InChI=1S/C11H13BrFN/c12-9-3-4-10(13)11(7-9)14-6-5-8-1-2-8/h3-4,7-8,14H,1-2,5-6H2. The molecule has 0 heterocycles. The lowest BCUT2D eigenvalue weighted by molar-refractivity contribution is 0.628. The molecule has 1 nitrogen and oxygen atoms in total. The van der Waals surface area contributed by atoms with Crippen LogP contribution in [0.15, 0.2) is 22.7 Å². The molecular weight excluding hydrogens is 245 g/mol. The number of halogens is 2. The van der Waals surface area contributed by atoms with Crippen LogP contribution < -0.4 is 5.32 Å². The number of hydrogen-bond donors (Lipinski definition) is 1. The monoisotopic (exact) mass is 257 g/mol. The molecule has 0 bridgehead atoms. The van der Waals surface area contributed by atoms with Crippen molar-refractivity contribution in [2.45, 2.75) is 19.3 Å². The SMILES string of the molecule is Fc1ccc(Br)cc1NCCC1CC1. The minimum absolute atomic E-state index is 0.177. The summed E-state index contributed by atoms with van der Waals surface area (Å²) >= 11 is 3.32. The summed E-state index contributed by atoms with van der Waals surface area (Å²) in [4.78, 5) is 0. The van der Waals surface area contributed by atoms with Gasteiger partial charge in [-0.25, -0.2) is 4.39 Å². The van der Waals surface area contributed by atoms with Gasteiger partial charge in [-0.05, 0) is 30.5 Å². The first-order valence-electron chi connectivity index (χ1n) is 4.94. The molecule has 0 unspecified atom stereocenters. The number of anilines is 1. The second kappa shape index (κ2) is 4.30. The van der Waals surface area contributed by atoms with Gasteiger partial charge in [0.05, 0.1) is 5.69 Å². The Labute approximate surface area is 91.8 Å². The van der Waals surface area contributed by atoms with Crippen molar-refractivity contribution >= 4 is 21.6 Å². The molecule has 0 aliphatic heterocycles. The molecule has 0 amide bonds. The zero-order chi connectivity index (χ0) is 9.97. The fraction of sp³-hybridized carbons (Fsp3) is 0.455. The van der Waals surface area contributed by atoms with E-state index in [-0.39, 0.29) is 5.82 Å². The zero-order valence-electron chi connectivity index (χ0n) is 7.89. The van der Waals surface area contributed by atoms with E-state index in [1.54, 1.807) is 12.1 Å². The maximum atomic E-state index is 13.2. The van der Waals surface area contributed by atoms with Crippen LogP contribution in [0, 0.1) is 11.7 Å². The smallest absolute Gasteiger partial charge is 0.146 e. The van der Waals surface area contributed by atoms with Gasteiger partial charge in [0.1, 0.15) is 5.82 Å². The molecule has 0 spiro atoms. The lowest BCUT2D eigenvalue weighted by Gasteiger charge is -2.07. The fourth-order valence-corrected chi connectivity index (χ4v) is 1.81. The Hall–Kier alpha value is -0.570. The Balaban J connectivity index is 1.89. The number of rotatable bonds is 4. The molecule has 3 heteroatoms. The quantitative estimate of drug-likeness (QED) is 0.866. The molecule has 2 rings (SSSR count). The molecule has 0 aromatic heterocycles. The maximum Gasteiger partial charge on any atom is 0.146 e. The Bertz CT molecular complexity index is 323. The minimum atomic E-state index is -0.177. The molecule has 1 N–H and O–H groups in total. The summed E-state index contributed by atoms with van der Waals surface area (Å²) in [6.45, 7) is 0.873. The van der Waals surface area contributed by atoms with Gasteiger partial charge in [0, 0.05) is 11.0 Å². The Morgan fingerprint density at radius 3 is 2.93 bits per heavy atom. The molecule has 1 aliphatic rings. The van der Waals surface area contributed by atoms with Gasteiger partial charge < -0.3 is 5.32 Å². The highest BCUT2D eigenvalue weighted by Gasteiger charge is 2.20. The normalized spacial score (nSPS) is 15.6. The minimum Gasteiger partial charge on any atom is -0.383 e. The van der Waals surface area contributed by atoms with Gasteiger partial charge in [0.25, 0.3) is 0 Å². The lowest BCUT2D eigenvalue weighted by atomic mass is 10.2. The second-order valence-electron chi connectivity index (χ2n) is 3.78. The van der Waals surface area contributed by atoms with E-state index < -0.39 is 0 Å². The van der Waals surface area contributed by atoms with Crippen molar-refractivity contribution in [3.63, 3.8) is 0 Å². The molecule has 1 saturated carbocycles. The summed E-state index contributed by atoms with van der Waals surface area (Å²) in [6.07, 6.45) is 3.86. The van der Waals surface area contributed by atoms with E-state index in [1.165, 1.54) is 18.9 Å². The molecular formula is C11H13BrFN. The molecule has 0 saturated heterocycles. The van der Waals surface area contributed by atoms with E-state index in [0.29, 0.717) is 5.69 Å². The van der Waals surface area contributed by atoms with Crippen LogP contribution in [0.4, 0.5) is 10.1 Å². The van der Waals surface area contributed by atoms with Crippen molar-refractivity contribution in [3.8, 4) is 0 Å². The Morgan fingerprint density at radius 1 is 1.43 bits per heavy atom. The summed E-state index contributed by atoms with van der Waals surface area (Å²) in [5.74, 6) is 0.710. The van der Waals surface area contributed by atoms with Gasteiger partial charge in [-0.3, -0.25) is 0 Å². The van der Waals surface area contributed by atoms with E-state index in [4.69, 9.17) is 0 Å². The Morgan fingerprint density at radius 2 is 2.21 bits per heavy atom. The maximum absolute atomic E-state index is 13.2. The van der Waals surface area contributed by atoms with E-state index in [0.717, 1.165) is 23.4 Å². The fourth-order valence-electron chi connectivity index (χ4n) is 1.45. The van der Waals surface area contributed by atoms with Crippen molar-refractivity contribution in [1.82, 2.24) is 0 Å². The van der Waals surface area contributed by atoms with Crippen molar-refractivity contribution in [2.24, 2.45) is 5.92 Å². The zero-order valence-corrected chi connectivity index (χ0v) is 9.48. The van der Waals surface area contributed by atoms with Gasteiger partial charge in [-0.15, -0.1) is 0 Å². The number of hydrogen-bond acceptors (Lipinski definition) is 1. The summed E-state index contributed by atoms with van der Waals surface area (Å²) in [5, 5.41) is 3.12. The third kappa shape index (κ3) is 2.71. The summed E-state index contributed by atoms with van der Waals surface area (Å²) in [7, 11) is 0. The predicted octanol–water partition coefficient (Wildman–Crippen LogP) is 3.80. The molecule has 76 valence electrons. The van der Waals surface area contributed by atoms with Crippen LogP contribution in [0.3, 0.4) is 0 Å². The average Bonchev–Trinajstić information content (AvgIpc) is 2.95. The van der Waals surface area contributed by atoms with E-state index in [2.05, 4.69) is 21.2 Å². The van der Waals surface area contributed by atoms with E-state index >= 15 is 0 Å². The van der Waals surface area contributed by atoms with Gasteiger partial charge in [0.2, 0.25) is 0 Å². The molecule has 1 aliphatic carbocycles. The van der Waals surface area contributed by atoms with Crippen LogP contribution in [0.2, 0.25) is 0 Å². The van der Waals surface area contributed by atoms with Crippen LogP contribution in [0.25, 0.3) is 0 Å². The van der Waals surface area contributed by atoms with Gasteiger partial charge in [-0.2, -0.15) is 0 Å². The molecule has 0 atom stereocenters. The highest BCUT2D eigenvalue weighted by molar-refractivity contribution is 9.10. The third-order valence-corrected chi connectivity index (χ3v) is 2.99. The van der Waals surface area contributed by atoms with Crippen LogP contribution in [0.1, 0.15) is 19.3 Å².